The molecule has 21 heavy (non-hydrogen) atoms. The number of carbonyl (C=O) groups is 1. The summed E-state index contributed by atoms with van der Waals surface area (Å²) in [6, 6.07) is 8.89. The van der Waals surface area contributed by atoms with E-state index in [1.54, 1.807) is 11.4 Å². The molecule has 3 rings (SSSR count). The molecule has 0 fully saturated rings. The van der Waals surface area contributed by atoms with Gasteiger partial charge in [-0.3, -0.25) is 4.79 Å². The van der Waals surface area contributed by atoms with Crippen LogP contribution in [0.25, 0.3) is 10.9 Å². The summed E-state index contributed by atoms with van der Waals surface area (Å²) in [4.78, 5) is 29.3. The van der Waals surface area contributed by atoms with E-state index in [-0.39, 0.29) is 16.3 Å². The number of para-hydroxylation sites is 1. The summed E-state index contributed by atoms with van der Waals surface area (Å²) in [6.07, 6.45) is 0. The van der Waals surface area contributed by atoms with E-state index in [1.807, 2.05) is 24.3 Å². The van der Waals surface area contributed by atoms with Crippen molar-refractivity contribution in [3.8, 4) is 0 Å². The highest BCUT2D eigenvalue weighted by Gasteiger charge is 2.13. The first-order chi connectivity index (χ1) is 10.1. The fourth-order valence-electron chi connectivity index (χ4n) is 1.99. The van der Waals surface area contributed by atoms with E-state index in [4.69, 9.17) is 0 Å². The molecule has 106 valence electrons. The number of thiazole rings is 1. The zero-order chi connectivity index (χ0) is 14.8. The number of aromatic amines is 1. The highest BCUT2D eigenvalue weighted by atomic mass is 32.1. The number of rotatable bonds is 4. The van der Waals surface area contributed by atoms with Gasteiger partial charge in [0.2, 0.25) is 0 Å². The van der Waals surface area contributed by atoms with E-state index < -0.39 is 5.97 Å². The van der Waals surface area contributed by atoms with E-state index in [9.17, 15) is 14.7 Å². The minimum Gasteiger partial charge on any atom is -0.478 e. The second kappa shape index (κ2) is 5.37. The van der Waals surface area contributed by atoms with Crippen LogP contribution < -0.4 is 10.2 Å². The lowest BCUT2D eigenvalue weighted by atomic mass is 10.1. The van der Waals surface area contributed by atoms with Gasteiger partial charge in [-0.15, -0.1) is 0 Å². The van der Waals surface area contributed by atoms with Gasteiger partial charge >= 0.3 is 10.8 Å². The molecular weight excluding hydrogens is 290 g/mol. The molecule has 0 saturated carbocycles. The first kappa shape index (κ1) is 13.3. The standard InChI is InChI=1S/C14H11N3O3S/c18-13(19)10-5-8-3-1-2-4-11(8)17-12(10)15-6-9-7-21-14(20)16-9/h1-5,7H,6H2,(H,15,17)(H,16,20)(H,18,19). The van der Waals surface area contributed by atoms with Crippen molar-refractivity contribution in [3.05, 3.63) is 56.6 Å². The summed E-state index contributed by atoms with van der Waals surface area (Å²) in [7, 11) is 0. The second-order valence-corrected chi connectivity index (χ2v) is 5.25. The van der Waals surface area contributed by atoms with Crippen molar-refractivity contribution in [1.29, 1.82) is 0 Å². The Morgan fingerprint density at radius 3 is 2.90 bits per heavy atom. The van der Waals surface area contributed by atoms with Gasteiger partial charge in [0, 0.05) is 16.5 Å². The van der Waals surface area contributed by atoms with Crippen LogP contribution in [0.1, 0.15) is 16.1 Å². The van der Waals surface area contributed by atoms with Gasteiger partial charge in [-0.1, -0.05) is 29.5 Å². The van der Waals surface area contributed by atoms with Gasteiger partial charge in [-0.2, -0.15) is 0 Å². The van der Waals surface area contributed by atoms with Gasteiger partial charge in [-0.25, -0.2) is 9.78 Å². The zero-order valence-corrected chi connectivity index (χ0v) is 11.6. The van der Waals surface area contributed by atoms with Gasteiger partial charge < -0.3 is 15.4 Å². The smallest absolute Gasteiger partial charge is 0.339 e. The normalized spacial score (nSPS) is 10.7. The van der Waals surface area contributed by atoms with Crippen molar-refractivity contribution in [1.82, 2.24) is 9.97 Å². The number of anilines is 1. The zero-order valence-electron chi connectivity index (χ0n) is 10.8. The number of hydrogen-bond acceptors (Lipinski definition) is 5. The monoisotopic (exact) mass is 301 g/mol. The van der Waals surface area contributed by atoms with Crippen LogP contribution in [0, 0.1) is 0 Å². The maximum absolute atomic E-state index is 11.3. The minimum atomic E-state index is -1.05. The summed E-state index contributed by atoms with van der Waals surface area (Å²) in [5.74, 6) is -0.761. The summed E-state index contributed by atoms with van der Waals surface area (Å²) >= 11 is 1.06. The first-order valence-corrected chi connectivity index (χ1v) is 7.05. The predicted molar refractivity (Wildman–Crippen MR) is 81.0 cm³/mol. The van der Waals surface area contributed by atoms with Gasteiger partial charge in [0.1, 0.15) is 11.4 Å². The van der Waals surface area contributed by atoms with E-state index in [1.165, 1.54) is 0 Å². The lowest BCUT2D eigenvalue weighted by Gasteiger charge is -2.09. The van der Waals surface area contributed by atoms with Crippen LogP contribution in [-0.2, 0) is 6.54 Å². The molecule has 0 saturated heterocycles. The Hall–Kier alpha value is -2.67. The minimum absolute atomic E-state index is 0.103. The lowest BCUT2D eigenvalue weighted by Crippen LogP contribution is -2.09. The molecule has 0 aliphatic rings. The molecule has 0 bridgehead atoms. The van der Waals surface area contributed by atoms with E-state index in [0.717, 1.165) is 16.7 Å². The molecule has 1 aromatic carbocycles. The van der Waals surface area contributed by atoms with Crippen molar-refractivity contribution in [2.24, 2.45) is 0 Å². The Labute approximate surface area is 123 Å². The summed E-state index contributed by atoms with van der Waals surface area (Å²) in [5, 5.41) is 14.7. The van der Waals surface area contributed by atoms with Crippen molar-refractivity contribution < 1.29 is 9.90 Å². The Morgan fingerprint density at radius 1 is 1.38 bits per heavy atom. The summed E-state index contributed by atoms with van der Waals surface area (Å²) in [5.41, 5.74) is 1.51. The van der Waals surface area contributed by atoms with Crippen molar-refractivity contribution in [2.75, 3.05) is 5.32 Å². The number of carboxylic acid groups (broad SMARTS) is 1. The molecule has 0 atom stereocenters. The van der Waals surface area contributed by atoms with Crippen LogP contribution in [0.5, 0.6) is 0 Å². The number of H-pyrrole nitrogens is 1. The Balaban J connectivity index is 1.97. The van der Waals surface area contributed by atoms with Crippen molar-refractivity contribution in [2.45, 2.75) is 6.54 Å². The van der Waals surface area contributed by atoms with Crippen molar-refractivity contribution >= 4 is 34.0 Å². The topological polar surface area (TPSA) is 95.1 Å². The predicted octanol–water partition coefficient (Wildman–Crippen LogP) is 2.29. The van der Waals surface area contributed by atoms with Crippen LogP contribution in [0.3, 0.4) is 0 Å². The molecule has 0 amide bonds. The van der Waals surface area contributed by atoms with Crippen molar-refractivity contribution in [3.63, 3.8) is 0 Å². The van der Waals surface area contributed by atoms with Crippen LogP contribution >= 0.6 is 11.3 Å². The molecular formula is C14H11N3O3S. The van der Waals surface area contributed by atoms with Crippen LogP contribution in [-0.4, -0.2) is 21.0 Å². The van der Waals surface area contributed by atoms with Crippen LogP contribution in [0.2, 0.25) is 0 Å². The highest BCUT2D eigenvalue weighted by Crippen LogP contribution is 2.21. The number of fused-ring (bicyclic) bond motifs is 1. The van der Waals surface area contributed by atoms with Gasteiger partial charge in [0.25, 0.3) is 0 Å². The van der Waals surface area contributed by atoms with Gasteiger partial charge in [0.05, 0.1) is 12.1 Å². The molecule has 2 aromatic heterocycles. The molecule has 0 aliphatic carbocycles. The average molecular weight is 301 g/mol. The quantitative estimate of drug-likeness (QED) is 0.687. The maximum atomic E-state index is 11.3. The second-order valence-electron chi connectivity index (χ2n) is 4.41. The third-order valence-corrected chi connectivity index (χ3v) is 3.69. The fourth-order valence-corrected chi connectivity index (χ4v) is 2.57. The number of nitrogens with one attached hydrogen (secondary N) is 2. The van der Waals surface area contributed by atoms with E-state index in [2.05, 4.69) is 15.3 Å². The van der Waals surface area contributed by atoms with E-state index >= 15 is 0 Å². The number of nitrogens with zero attached hydrogens (tertiary/aromatic N) is 1. The fraction of sp³-hybridized carbons (Fsp3) is 0.0714. The van der Waals surface area contributed by atoms with Crippen LogP contribution in [0.15, 0.2) is 40.5 Å². The SMILES string of the molecule is O=C(O)c1cc2ccccc2nc1NCc1csc(=O)[nH]1. The molecule has 0 unspecified atom stereocenters. The number of hydrogen-bond donors (Lipinski definition) is 3. The molecule has 6 nitrogen and oxygen atoms in total. The average Bonchev–Trinajstić information content (AvgIpc) is 2.89. The largest absolute Gasteiger partial charge is 0.478 e. The lowest BCUT2D eigenvalue weighted by molar-refractivity contribution is 0.0697. The maximum Gasteiger partial charge on any atom is 0.339 e. The van der Waals surface area contributed by atoms with E-state index in [0.29, 0.717) is 17.8 Å². The number of carboxylic acids is 1. The molecule has 3 aromatic rings. The Morgan fingerprint density at radius 2 is 2.19 bits per heavy atom. The Bertz CT molecular complexity index is 869. The molecule has 0 radical (unpaired) electrons. The first-order valence-electron chi connectivity index (χ1n) is 6.17. The summed E-state index contributed by atoms with van der Waals surface area (Å²) < 4.78 is 0. The third-order valence-electron chi connectivity index (χ3n) is 2.97. The molecule has 0 spiro atoms. The van der Waals surface area contributed by atoms with Crippen LogP contribution in [0.4, 0.5) is 5.82 Å². The highest BCUT2D eigenvalue weighted by molar-refractivity contribution is 7.07. The number of aromatic nitrogens is 2. The molecule has 7 heteroatoms. The summed E-state index contributed by atoms with van der Waals surface area (Å²) in [6.45, 7) is 0.310. The number of pyridine rings is 1. The third kappa shape index (κ3) is 2.77. The molecule has 2 heterocycles. The van der Waals surface area contributed by atoms with Gasteiger partial charge in [0.15, 0.2) is 0 Å². The van der Waals surface area contributed by atoms with Gasteiger partial charge in [-0.05, 0) is 12.1 Å². The molecule has 0 aliphatic heterocycles. The number of benzene rings is 1. The Kier molecular flexibility index (Phi) is 3.41. The molecule has 3 N–H and O–H groups in total. The number of aromatic carboxylic acids is 1.